The van der Waals surface area contributed by atoms with E-state index in [1.165, 1.54) is 0 Å². The molecule has 3 rings (SSSR count). The number of halogens is 1. The van der Waals surface area contributed by atoms with E-state index in [0.717, 1.165) is 54.0 Å². The van der Waals surface area contributed by atoms with Crippen molar-refractivity contribution in [2.45, 2.75) is 19.9 Å². The van der Waals surface area contributed by atoms with Gasteiger partial charge in [-0.15, -0.1) is 0 Å². The normalized spacial score (nSPS) is 17.6. The molecule has 0 radical (unpaired) electrons. The van der Waals surface area contributed by atoms with Crippen molar-refractivity contribution in [1.29, 1.82) is 0 Å². The van der Waals surface area contributed by atoms with Gasteiger partial charge in [-0.1, -0.05) is 29.8 Å². The second-order valence-electron chi connectivity index (χ2n) is 6.22. The largest absolute Gasteiger partial charge is 0.379 e. The van der Waals surface area contributed by atoms with Gasteiger partial charge in [0.05, 0.1) is 18.7 Å². The monoisotopic (exact) mass is 378 g/mol. The molecule has 1 fully saturated rings. The third kappa shape index (κ3) is 4.00. The summed E-state index contributed by atoms with van der Waals surface area (Å²) in [5.74, 6) is 1.47. The van der Waals surface area contributed by atoms with E-state index in [1.807, 2.05) is 12.1 Å². The standard InChI is InChI=1S/C17H23BrN4O/c1-12(2)16(22-5-7-23-8-6-22)10-19-17-14-9-13(18)3-4-15(14)20-11-21-17/h3-4,9,11-12,16H,5-8,10H2,1-2H3,(H,19,20,21). The number of hydrogen-bond acceptors (Lipinski definition) is 5. The molecule has 23 heavy (non-hydrogen) atoms. The molecule has 0 spiro atoms. The molecular weight excluding hydrogens is 356 g/mol. The molecule has 2 aromatic rings. The van der Waals surface area contributed by atoms with Gasteiger partial charge >= 0.3 is 0 Å². The smallest absolute Gasteiger partial charge is 0.137 e. The lowest BCUT2D eigenvalue weighted by Crippen LogP contribution is -2.49. The van der Waals surface area contributed by atoms with E-state index in [4.69, 9.17) is 4.74 Å². The van der Waals surface area contributed by atoms with Crippen molar-refractivity contribution in [1.82, 2.24) is 14.9 Å². The summed E-state index contributed by atoms with van der Waals surface area (Å²) in [7, 11) is 0. The van der Waals surface area contributed by atoms with E-state index >= 15 is 0 Å². The molecule has 1 N–H and O–H groups in total. The molecule has 1 atom stereocenters. The van der Waals surface area contributed by atoms with Crippen molar-refractivity contribution in [3.05, 3.63) is 29.0 Å². The van der Waals surface area contributed by atoms with Gasteiger partial charge in [0.25, 0.3) is 0 Å². The molecule has 0 aliphatic carbocycles. The Balaban J connectivity index is 1.76. The fourth-order valence-electron chi connectivity index (χ4n) is 3.07. The molecule has 1 aliphatic rings. The second kappa shape index (κ2) is 7.55. The van der Waals surface area contributed by atoms with Crippen LogP contribution < -0.4 is 5.32 Å². The summed E-state index contributed by atoms with van der Waals surface area (Å²) in [6.07, 6.45) is 1.62. The summed E-state index contributed by atoms with van der Waals surface area (Å²) in [6.45, 7) is 9.07. The lowest BCUT2D eigenvalue weighted by molar-refractivity contribution is 0.00954. The maximum absolute atomic E-state index is 5.48. The summed E-state index contributed by atoms with van der Waals surface area (Å²) in [4.78, 5) is 11.3. The number of hydrogen-bond donors (Lipinski definition) is 1. The Morgan fingerprint density at radius 1 is 1.26 bits per heavy atom. The van der Waals surface area contributed by atoms with Crippen LogP contribution in [0.2, 0.25) is 0 Å². The van der Waals surface area contributed by atoms with Gasteiger partial charge in [0.1, 0.15) is 12.1 Å². The fraction of sp³-hybridized carbons (Fsp3) is 0.529. The highest BCUT2D eigenvalue weighted by Gasteiger charge is 2.23. The number of aromatic nitrogens is 2. The lowest BCUT2D eigenvalue weighted by atomic mass is 10.0. The predicted molar refractivity (Wildman–Crippen MR) is 96.7 cm³/mol. The average Bonchev–Trinajstić information content (AvgIpc) is 2.56. The van der Waals surface area contributed by atoms with Crippen molar-refractivity contribution in [2.75, 3.05) is 38.2 Å². The number of anilines is 1. The van der Waals surface area contributed by atoms with E-state index in [9.17, 15) is 0 Å². The minimum absolute atomic E-state index is 0.469. The summed E-state index contributed by atoms with van der Waals surface area (Å²) in [5.41, 5.74) is 0.957. The third-order valence-corrected chi connectivity index (χ3v) is 4.85. The van der Waals surface area contributed by atoms with Crippen LogP contribution in [-0.2, 0) is 4.74 Å². The second-order valence-corrected chi connectivity index (χ2v) is 7.14. The molecule has 1 aromatic carbocycles. The maximum atomic E-state index is 5.48. The zero-order valence-electron chi connectivity index (χ0n) is 13.6. The lowest BCUT2D eigenvalue weighted by Gasteiger charge is -2.37. The van der Waals surface area contributed by atoms with E-state index in [0.29, 0.717) is 12.0 Å². The summed E-state index contributed by atoms with van der Waals surface area (Å²) >= 11 is 3.53. The van der Waals surface area contributed by atoms with Gasteiger partial charge in [0.2, 0.25) is 0 Å². The number of rotatable bonds is 5. The first-order chi connectivity index (χ1) is 11.1. The van der Waals surface area contributed by atoms with E-state index in [-0.39, 0.29) is 0 Å². The first kappa shape index (κ1) is 16.6. The van der Waals surface area contributed by atoms with Gasteiger partial charge in [0.15, 0.2) is 0 Å². The molecular formula is C17H23BrN4O. The van der Waals surface area contributed by atoms with Crippen molar-refractivity contribution >= 4 is 32.7 Å². The number of morpholine rings is 1. The minimum atomic E-state index is 0.469. The van der Waals surface area contributed by atoms with Crippen LogP contribution in [0.3, 0.4) is 0 Å². The number of nitrogens with one attached hydrogen (secondary N) is 1. The summed E-state index contributed by atoms with van der Waals surface area (Å²) < 4.78 is 6.51. The molecule has 1 unspecified atom stereocenters. The Morgan fingerprint density at radius 2 is 2.04 bits per heavy atom. The molecule has 0 bridgehead atoms. The quantitative estimate of drug-likeness (QED) is 0.865. The minimum Gasteiger partial charge on any atom is -0.379 e. The summed E-state index contributed by atoms with van der Waals surface area (Å²) in [5, 5.41) is 4.59. The molecule has 6 heteroatoms. The van der Waals surface area contributed by atoms with Gasteiger partial charge < -0.3 is 10.1 Å². The van der Waals surface area contributed by atoms with Crippen LogP contribution in [0.1, 0.15) is 13.8 Å². The van der Waals surface area contributed by atoms with Gasteiger partial charge in [-0.05, 0) is 24.1 Å². The number of ether oxygens (including phenoxy) is 1. The van der Waals surface area contributed by atoms with Crippen LogP contribution in [0.4, 0.5) is 5.82 Å². The van der Waals surface area contributed by atoms with Crippen LogP contribution in [0, 0.1) is 5.92 Å². The van der Waals surface area contributed by atoms with Crippen LogP contribution in [0.25, 0.3) is 10.9 Å². The van der Waals surface area contributed by atoms with Crippen molar-refractivity contribution in [3.8, 4) is 0 Å². The van der Waals surface area contributed by atoms with Gasteiger partial charge in [-0.25, -0.2) is 9.97 Å². The molecule has 0 saturated carbocycles. The molecule has 2 heterocycles. The van der Waals surface area contributed by atoms with E-state index in [2.05, 4.69) is 56.0 Å². The van der Waals surface area contributed by atoms with E-state index < -0.39 is 0 Å². The zero-order chi connectivity index (χ0) is 16.2. The SMILES string of the molecule is CC(C)C(CNc1ncnc2ccc(Br)cc12)N1CCOCC1. The van der Waals surface area contributed by atoms with Crippen LogP contribution >= 0.6 is 15.9 Å². The molecule has 124 valence electrons. The van der Waals surface area contributed by atoms with Crippen molar-refractivity contribution in [2.24, 2.45) is 5.92 Å². The predicted octanol–water partition coefficient (Wildman–Crippen LogP) is 3.16. The van der Waals surface area contributed by atoms with Gasteiger partial charge in [0, 0.05) is 35.5 Å². The first-order valence-electron chi connectivity index (χ1n) is 8.11. The van der Waals surface area contributed by atoms with Gasteiger partial charge in [-0.3, -0.25) is 4.90 Å². The summed E-state index contributed by atoms with van der Waals surface area (Å²) in [6, 6.07) is 6.55. The molecule has 1 aliphatic heterocycles. The fourth-order valence-corrected chi connectivity index (χ4v) is 3.43. The molecule has 0 amide bonds. The molecule has 5 nitrogen and oxygen atoms in total. The van der Waals surface area contributed by atoms with Crippen LogP contribution in [0.5, 0.6) is 0 Å². The van der Waals surface area contributed by atoms with Crippen molar-refractivity contribution in [3.63, 3.8) is 0 Å². The van der Waals surface area contributed by atoms with Crippen LogP contribution in [-0.4, -0.2) is 53.8 Å². The zero-order valence-corrected chi connectivity index (χ0v) is 15.2. The van der Waals surface area contributed by atoms with Crippen molar-refractivity contribution < 1.29 is 4.74 Å². The average molecular weight is 379 g/mol. The highest BCUT2D eigenvalue weighted by molar-refractivity contribution is 9.10. The number of benzene rings is 1. The third-order valence-electron chi connectivity index (χ3n) is 4.36. The first-order valence-corrected chi connectivity index (χ1v) is 8.90. The highest BCUT2D eigenvalue weighted by atomic mass is 79.9. The number of nitrogens with zero attached hydrogens (tertiary/aromatic N) is 3. The van der Waals surface area contributed by atoms with Crippen LogP contribution in [0.15, 0.2) is 29.0 Å². The Morgan fingerprint density at radius 3 is 2.78 bits per heavy atom. The Labute approximate surface area is 145 Å². The Kier molecular flexibility index (Phi) is 5.46. The Hall–Kier alpha value is -1.24. The van der Waals surface area contributed by atoms with E-state index in [1.54, 1.807) is 6.33 Å². The topological polar surface area (TPSA) is 50.3 Å². The maximum Gasteiger partial charge on any atom is 0.137 e. The molecule has 1 saturated heterocycles. The Bertz CT molecular complexity index is 658. The van der Waals surface area contributed by atoms with Gasteiger partial charge in [-0.2, -0.15) is 0 Å². The number of fused-ring (bicyclic) bond motifs is 1. The molecule has 1 aromatic heterocycles. The highest BCUT2D eigenvalue weighted by Crippen LogP contribution is 2.24.